The highest BCUT2D eigenvalue weighted by Crippen LogP contribution is 2.11. The van der Waals surface area contributed by atoms with E-state index in [4.69, 9.17) is 11.6 Å². The molecule has 3 heteroatoms. The zero-order chi connectivity index (χ0) is 8.97. The Bertz CT molecular complexity index is 248. The van der Waals surface area contributed by atoms with E-state index in [1.54, 1.807) is 6.20 Å². The highest BCUT2D eigenvalue weighted by atomic mass is 35.5. The van der Waals surface area contributed by atoms with Crippen LogP contribution in [0.3, 0.4) is 0 Å². The van der Waals surface area contributed by atoms with Gasteiger partial charge in [-0.3, -0.25) is 0 Å². The summed E-state index contributed by atoms with van der Waals surface area (Å²) in [4.78, 5) is 3.89. The lowest BCUT2D eigenvalue weighted by Crippen LogP contribution is -2.07. The van der Waals surface area contributed by atoms with Gasteiger partial charge in [0, 0.05) is 18.4 Å². The number of halogens is 1. The van der Waals surface area contributed by atoms with Gasteiger partial charge in [-0.1, -0.05) is 25.4 Å². The van der Waals surface area contributed by atoms with Crippen LogP contribution >= 0.6 is 11.6 Å². The summed E-state index contributed by atoms with van der Waals surface area (Å²) in [7, 11) is 0. The molecule has 0 unspecified atom stereocenters. The van der Waals surface area contributed by atoms with Gasteiger partial charge in [-0.25, -0.2) is 4.98 Å². The molecule has 1 aromatic heterocycles. The third kappa shape index (κ3) is 3.09. The van der Waals surface area contributed by atoms with Crippen LogP contribution in [0.25, 0.3) is 0 Å². The molecule has 1 rings (SSSR count). The predicted octanol–water partition coefficient (Wildman–Crippen LogP) is 2.80. The molecule has 66 valence electrons. The van der Waals surface area contributed by atoms with Crippen LogP contribution < -0.4 is 5.32 Å². The van der Waals surface area contributed by atoms with Crippen molar-refractivity contribution in [2.75, 3.05) is 11.9 Å². The molecule has 0 aliphatic rings. The van der Waals surface area contributed by atoms with Crippen molar-refractivity contribution in [3.05, 3.63) is 23.5 Å². The van der Waals surface area contributed by atoms with Gasteiger partial charge in [-0.05, 0) is 18.1 Å². The van der Waals surface area contributed by atoms with Gasteiger partial charge in [0.05, 0.1) is 0 Å². The number of hydrogen-bond acceptors (Lipinski definition) is 2. The van der Waals surface area contributed by atoms with Gasteiger partial charge in [-0.2, -0.15) is 0 Å². The minimum Gasteiger partial charge on any atom is -0.385 e. The van der Waals surface area contributed by atoms with Crippen molar-refractivity contribution in [2.24, 2.45) is 5.92 Å². The second kappa shape index (κ2) is 4.31. The summed E-state index contributed by atoms with van der Waals surface area (Å²) in [5.41, 5.74) is 1.03. The normalized spacial score (nSPS) is 10.3. The Balaban J connectivity index is 2.52. The SMILES string of the molecule is CC(C)CNc1ccnc(Cl)c1. The van der Waals surface area contributed by atoms with E-state index in [-0.39, 0.29) is 0 Å². The number of aromatic nitrogens is 1. The van der Waals surface area contributed by atoms with E-state index in [0.29, 0.717) is 11.1 Å². The summed E-state index contributed by atoms with van der Waals surface area (Å²) >= 11 is 5.71. The second-order valence-electron chi connectivity index (χ2n) is 3.14. The van der Waals surface area contributed by atoms with Gasteiger partial charge in [-0.15, -0.1) is 0 Å². The van der Waals surface area contributed by atoms with Crippen LogP contribution in [0.2, 0.25) is 5.15 Å². The molecule has 0 amide bonds. The van der Waals surface area contributed by atoms with Crippen LogP contribution in [0, 0.1) is 5.92 Å². The molecule has 0 aliphatic carbocycles. The molecular weight excluding hydrogens is 172 g/mol. The number of nitrogens with zero attached hydrogens (tertiary/aromatic N) is 1. The Morgan fingerprint density at radius 3 is 2.92 bits per heavy atom. The van der Waals surface area contributed by atoms with Crippen molar-refractivity contribution in [2.45, 2.75) is 13.8 Å². The summed E-state index contributed by atoms with van der Waals surface area (Å²) in [6.07, 6.45) is 1.70. The average Bonchev–Trinajstić information content (AvgIpc) is 2.01. The fourth-order valence-electron chi connectivity index (χ4n) is 0.834. The molecule has 0 aromatic carbocycles. The topological polar surface area (TPSA) is 24.9 Å². The quantitative estimate of drug-likeness (QED) is 0.731. The van der Waals surface area contributed by atoms with Crippen molar-refractivity contribution in [1.82, 2.24) is 4.98 Å². The highest BCUT2D eigenvalue weighted by Gasteiger charge is 1.95. The maximum absolute atomic E-state index is 5.71. The van der Waals surface area contributed by atoms with Gasteiger partial charge in [0.2, 0.25) is 0 Å². The standard InChI is InChI=1S/C9H13ClN2/c1-7(2)6-12-8-3-4-11-9(10)5-8/h3-5,7H,6H2,1-2H3,(H,11,12). The maximum atomic E-state index is 5.71. The molecule has 0 aliphatic heterocycles. The number of rotatable bonds is 3. The van der Waals surface area contributed by atoms with E-state index in [2.05, 4.69) is 24.1 Å². The van der Waals surface area contributed by atoms with Crippen molar-refractivity contribution >= 4 is 17.3 Å². The van der Waals surface area contributed by atoms with Gasteiger partial charge in [0.1, 0.15) is 5.15 Å². The molecular formula is C9H13ClN2. The zero-order valence-corrected chi connectivity index (χ0v) is 8.10. The van der Waals surface area contributed by atoms with E-state index < -0.39 is 0 Å². The third-order valence-electron chi connectivity index (χ3n) is 1.44. The fraction of sp³-hybridized carbons (Fsp3) is 0.444. The molecule has 12 heavy (non-hydrogen) atoms. The smallest absolute Gasteiger partial charge is 0.131 e. The van der Waals surface area contributed by atoms with E-state index in [1.807, 2.05) is 12.1 Å². The Labute approximate surface area is 78.0 Å². The summed E-state index contributed by atoms with van der Waals surface area (Å²) in [5.74, 6) is 0.636. The molecule has 0 atom stereocenters. The lowest BCUT2D eigenvalue weighted by Gasteiger charge is -2.08. The zero-order valence-electron chi connectivity index (χ0n) is 7.34. The van der Waals surface area contributed by atoms with Crippen molar-refractivity contribution in [1.29, 1.82) is 0 Å². The van der Waals surface area contributed by atoms with Crippen LogP contribution in [0.4, 0.5) is 5.69 Å². The molecule has 0 fully saturated rings. The van der Waals surface area contributed by atoms with Gasteiger partial charge < -0.3 is 5.32 Å². The Morgan fingerprint density at radius 1 is 1.58 bits per heavy atom. The number of pyridine rings is 1. The first-order valence-corrected chi connectivity index (χ1v) is 4.41. The van der Waals surface area contributed by atoms with E-state index >= 15 is 0 Å². The molecule has 0 bridgehead atoms. The van der Waals surface area contributed by atoms with Crippen LogP contribution in [0.1, 0.15) is 13.8 Å². The van der Waals surface area contributed by atoms with E-state index in [1.165, 1.54) is 0 Å². The lowest BCUT2D eigenvalue weighted by atomic mass is 10.2. The minimum atomic E-state index is 0.531. The molecule has 0 spiro atoms. The second-order valence-corrected chi connectivity index (χ2v) is 3.53. The van der Waals surface area contributed by atoms with Crippen LogP contribution in [0.5, 0.6) is 0 Å². The third-order valence-corrected chi connectivity index (χ3v) is 1.65. The molecule has 0 radical (unpaired) electrons. The van der Waals surface area contributed by atoms with Crippen LogP contribution in [-0.2, 0) is 0 Å². The van der Waals surface area contributed by atoms with E-state index in [0.717, 1.165) is 12.2 Å². The Hall–Kier alpha value is -0.760. The summed E-state index contributed by atoms with van der Waals surface area (Å²) < 4.78 is 0. The summed E-state index contributed by atoms with van der Waals surface area (Å²) in [6, 6.07) is 3.73. The lowest BCUT2D eigenvalue weighted by molar-refractivity contribution is 0.689. The molecule has 1 aromatic rings. The first-order chi connectivity index (χ1) is 5.68. The summed E-state index contributed by atoms with van der Waals surface area (Å²) in [5, 5.41) is 3.79. The minimum absolute atomic E-state index is 0.531. The van der Waals surface area contributed by atoms with Gasteiger partial charge in [0.15, 0.2) is 0 Å². The number of hydrogen-bond donors (Lipinski definition) is 1. The molecule has 1 heterocycles. The van der Waals surface area contributed by atoms with E-state index in [9.17, 15) is 0 Å². The predicted molar refractivity (Wildman–Crippen MR) is 52.6 cm³/mol. The van der Waals surface area contributed by atoms with Crippen LogP contribution in [0.15, 0.2) is 18.3 Å². The van der Waals surface area contributed by atoms with Crippen molar-refractivity contribution in [3.63, 3.8) is 0 Å². The monoisotopic (exact) mass is 184 g/mol. The fourth-order valence-corrected chi connectivity index (χ4v) is 1.01. The number of anilines is 1. The van der Waals surface area contributed by atoms with Gasteiger partial charge >= 0.3 is 0 Å². The highest BCUT2D eigenvalue weighted by molar-refractivity contribution is 6.29. The maximum Gasteiger partial charge on any atom is 0.131 e. The van der Waals surface area contributed by atoms with Gasteiger partial charge in [0.25, 0.3) is 0 Å². The Kier molecular flexibility index (Phi) is 3.35. The van der Waals surface area contributed by atoms with Crippen LogP contribution in [-0.4, -0.2) is 11.5 Å². The molecule has 0 saturated heterocycles. The first-order valence-electron chi connectivity index (χ1n) is 4.04. The molecule has 0 saturated carbocycles. The largest absolute Gasteiger partial charge is 0.385 e. The van der Waals surface area contributed by atoms with Crippen molar-refractivity contribution in [3.8, 4) is 0 Å². The Morgan fingerprint density at radius 2 is 2.33 bits per heavy atom. The summed E-state index contributed by atoms with van der Waals surface area (Å²) in [6.45, 7) is 5.28. The average molecular weight is 185 g/mol. The van der Waals surface area contributed by atoms with Crippen molar-refractivity contribution < 1.29 is 0 Å². The molecule has 1 N–H and O–H groups in total. The molecule has 2 nitrogen and oxygen atoms in total. The first kappa shape index (κ1) is 9.33. The number of nitrogens with one attached hydrogen (secondary N) is 1.